The number of halogens is 3. The molecule has 0 aliphatic heterocycles. The molecule has 1 unspecified atom stereocenters. The molecule has 0 saturated carbocycles. The smallest absolute Gasteiger partial charge is 0.426 e. The molecule has 2 N–H and O–H groups in total. The summed E-state index contributed by atoms with van der Waals surface area (Å²) >= 11 is 0. The van der Waals surface area contributed by atoms with E-state index in [1.165, 1.54) is 24.3 Å². The molecular formula is C18H18F3NO5. The highest BCUT2D eigenvalue weighted by Gasteiger charge is 2.63. The number of alkyl halides is 3. The minimum absolute atomic E-state index is 0.0335. The van der Waals surface area contributed by atoms with Crippen molar-refractivity contribution in [2.45, 2.75) is 11.7 Å². The monoisotopic (exact) mass is 385 g/mol. The van der Waals surface area contributed by atoms with Crippen LogP contribution in [0.25, 0.3) is 0 Å². The zero-order valence-corrected chi connectivity index (χ0v) is 14.8. The number of para-hydroxylation sites is 1. The van der Waals surface area contributed by atoms with Gasteiger partial charge >= 0.3 is 12.1 Å². The Bertz CT molecular complexity index is 785. The van der Waals surface area contributed by atoms with Gasteiger partial charge in [-0.3, -0.25) is 0 Å². The maximum Gasteiger partial charge on any atom is 0.426 e. The summed E-state index contributed by atoms with van der Waals surface area (Å²) in [6, 6.07) is 9.19. The van der Waals surface area contributed by atoms with E-state index in [0.717, 1.165) is 33.5 Å². The first-order chi connectivity index (χ1) is 12.7. The van der Waals surface area contributed by atoms with Crippen molar-refractivity contribution >= 4 is 11.7 Å². The maximum atomic E-state index is 14.2. The Morgan fingerprint density at radius 2 is 1.52 bits per heavy atom. The van der Waals surface area contributed by atoms with E-state index in [4.69, 9.17) is 9.47 Å². The van der Waals surface area contributed by atoms with Crippen LogP contribution in [0, 0.1) is 0 Å². The van der Waals surface area contributed by atoms with E-state index in [1.807, 2.05) is 0 Å². The second-order valence-electron chi connectivity index (χ2n) is 5.46. The predicted molar refractivity (Wildman–Crippen MR) is 91.0 cm³/mol. The Balaban J connectivity index is 2.81. The lowest BCUT2D eigenvalue weighted by Crippen LogP contribution is -2.55. The van der Waals surface area contributed by atoms with Crippen LogP contribution in [0.4, 0.5) is 18.9 Å². The van der Waals surface area contributed by atoms with E-state index in [9.17, 15) is 23.1 Å². The summed E-state index contributed by atoms with van der Waals surface area (Å²) in [5, 5.41) is 12.2. The van der Waals surface area contributed by atoms with Gasteiger partial charge in [0, 0.05) is 11.3 Å². The summed E-state index contributed by atoms with van der Waals surface area (Å²) in [7, 11) is 3.18. The second-order valence-corrected chi connectivity index (χ2v) is 5.46. The molecule has 146 valence electrons. The lowest BCUT2D eigenvalue weighted by Gasteiger charge is -2.35. The number of carbonyl (C=O) groups is 1. The minimum atomic E-state index is -5.11. The van der Waals surface area contributed by atoms with Gasteiger partial charge in [0.2, 0.25) is 5.75 Å². The average Bonchev–Trinajstić information content (AvgIpc) is 2.65. The van der Waals surface area contributed by atoms with Crippen molar-refractivity contribution in [3.05, 3.63) is 48.0 Å². The number of hydrogen-bond donors (Lipinski definition) is 2. The molecule has 27 heavy (non-hydrogen) atoms. The molecule has 2 aromatic rings. The van der Waals surface area contributed by atoms with E-state index >= 15 is 0 Å². The van der Waals surface area contributed by atoms with Gasteiger partial charge in [0.15, 0.2) is 11.5 Å². The number of carbonyl (C=O) groups excluding carboxylic acids is 1. The zero-order chi connectivity index (χ0) is 20.2. The van der Waals surface area contributed by atoms with Gasteiger partial charge in [-0.2, -0.15) is 13.2 Å². The summed E-state index contributed by atoms with van der Waals surface area (Å²) in [6.45, 7) is 0. The Hall–Kier alpha value is -3.10. The number of rotatable bonds is 6. The third-order valence-corrected chi connectivity index (χ3v) is 3.94. The minimum Gasteiger partial charge on any atom is -0.502 e. The lowest BCUT2D eigenvalue weighted by molar-refractivity contribution is -0.201. The van der Waals surface area contributed by atoms with E-state index in [0.29, 0.717) is 0 Å². The molecule has 0 heterocycles. The van der Waals surface area contributed by atoms with Crippen LogP contribution in [0.5, 0.6) is 17.2 Å². The Labute approximate surface area is 153 Å². The number of benzene rings is 2. The van der Waals surface area contributed by atoms with Gasteiger partial charge in [0.25, 0.3) is 5.54 Å². The molecule has 0 bridgehead atoms. The molecule has 6 nitrogen and oxygen atoms in total. The lowest BCUT2D eigenvalue weighted by atomic mass is 9.87. The highest BCUT2D eigenvalue weighted by Crippen LogP contribution is 2.47. The fourth-order valence-corrected chi connectivity index (χ4v) is 2.59. The molecule has 9 heteroatoms. The van der Waals surface area contributed by atoms with Gasteiger partial charge in [-0.15, -0.1) is 0 Å². The Kier molecular flexibility index (Phi) is 5.72. The summed E-state index contributed by atoms with van der Waals surface area (Å²) in [5.41, 5.74) is -3.80. The van der Waals surface area contributed by atoms with Crippen LogP contribution >= 0.6 is 0 Å². The summed E-state index contributed by atoms with van der Waals surface area (Å²) in [6.07, 6.45) is -5.11. The van der Waals surface area contributed by atoms with Crippen LogP contribution in [0.15, 0.2) is 42.5 Å². The predicted octanol–water partition coefficient (Wildman–Crippen LogP) is 3.45. The number of anilines is 1. The van der Waals surface area contributed by atoms with Gasteiger partial charge in [0.1, 0.15) is 0 Å². The van der Waals surface area contributed by atoms with Crippen molar-refractivity contribution in [3.63, 3.8) is 0 Å². The van der Waals surface area contributed by atoms with E-state index < -0.39 is 29.0 Å². The van der Waals surface area contributed by atoms with Crippen molar-refractivity contribution < 1.29 is 37.3 Å². The van der Waals surface area contributed by atoms with Crippen molar-refractivity contribution in [1.82, 2.24) is 0 Å². The fraction of sp³-hybridized carbons (Fsp3) is 0.278. The molecule has 0 radical (unpaired) electrons. The number of aromatic hydroxyl groups is 1. The molecule has 2 rings (SSSR count). The number of methoxy groups -OCH3 is 3. The molecule has 0 aliphatic rings. The van der Waals surface area contributed by atoms with E-state index in [2.05, 4.69) is 10.1 Å². The van der Waals surface area contributed by atoms with Crippen molar-refractivity contribution in [2.24, 2.45) is 0 Å². The fourth-order valence-electron chi connectivity index (χ4n) is 2.59. The first kappa shape index (κ1) is 20.2. The molecule has 1 atom stereocenters. The first-order valence-corrected chi connectivity index (χ1v) is 7.65. The summed E-state index contributed by atoms with van der Waals surface area (Å²) < 4.78 is 57.1. The molecular weight excluding hydrogens is 367 g/mol. The Morgan fingerprint density at radius 3 is 1.93 bits per heavy atom. The van der Waals surface area contributed by atoms with Gasteiger partial charge < -0.3 is 24.6 Å². The number of hydrogen-bond acceptors (Lipinski definition) is 6. The zero-order valence-electron chi connectivity index (χ0n) is 14.8. The SMILES string of the molecule is COC(=O)C(Nc1ccccc1)(c1cc(OC)c(O)c(OC)c1)C(F)(F)F. The number of phenolic OH excluding ortho intramolecular Hbond substituents is 1. The van der Waals surface area contributed by atoms with Gasteiger partial charge in [-0.05, 0) is 24.3 Å². The van der Waals surface area contributed by atoms with Crippen LogP contribution in [-0.2, 0) is 15.1 Å². The van der Waals surface area contributed by atoms with Crippen LogP contribution in [-0.4, -0.2) is 38.6 Å². The van der Waals surface area contributed by atoms with Crippen LogP contribution < -0.4 is 14.8 Å². The molecule has 2 aromatic carbocycles. The average molecular weight is 385 g/mol. The van der Waals surface area contributed by atoms with Gasteiger partial charge in [-0.1, -0.05) is 18.2 Å². The number of phenols is 1. The van der Waals surface area contributed by atoms with Gasteiger partial charge in [-0.25, -0.2) is 4.79 Å². The number of ether oxygens (including phenoxy) is 3. The highest BCUT2D eigenvalue weighted by molar-refractivity contribution is 5.88. The molecule has 0 aromatic heterocycles. The van der Waals surface area contributed by atoms with Crippen LogP contribution in [0.1, 0.15) is 5.56 Å². The molecule has 0 aliphatic carbocycles. The molecule has 0 fully saturated rings. The van der Waals surface area contributed by atoms with Crippen molar-refractivity contribution in [1.29, 1.82) is 0 Å². The number of nitrogens with one attached hydrogen (secondary N) is 1. The normalized spacial score (nSPS) is 13.4. The van der Waals surface area contributed by atoms with Crippen molar-refractivity contribution in [3.8, 4) is 17.2 Å². The molecule has 0 amide bonds. The summed E-state index contributed by atoms with van der Waals surface area (Å²) in [4.78, 5) is 12.4. The topological polar surface area (TPSA) is 77.0 Å². The Morgan fingerprint density at radius 1 is 1.00 bits per heavy atom. The second kappa shape index (κ2) is 7.65. The molecule has 0 saturated heterocycles. The summed E-state index contributed by atoms with van der Waals surface area (Å²) in [5.74, 6) is -2.67. The third-order valence-electron chi connectivity index (χ3n) is 3.94. The maximum absolute atomic E-state index is 14.2. The molecule has 0 spiro atoms. The van der Waals surface area contributed by atoms with E-state index in [-0.39, 0.29) is 17.2 Å². The van der Waals surface area contributed by atoms with E-state index in [1.54, 1.807) is 6.07 Å². The van der Waals surface area contributed by atoms with Gasteiger partial charge in [0.05, 0.1) is 21.3 Å². The third kappa shape index (κ3) is 3.57. The number of esters is 1. The van der Waals surface area contributed by atoms with Crippen LogP contribution in [0.3, 0.4) is 0 Å². The first-order valence-electron chi connectivity index (χ1n) is 7.65. The standard InChI is InChI=1S/C18H18F3NO5/c1-25-13-9-11(10-14(26-2)15(13)23)17(16(24)27-3,18(19,20)21)22-12-7-5-4-6-8-12/h4-10,22-23H,1-3H3. The highest BCUT2D eigenvalue weighted by atomic mass is 19.4. The largest absolute Gasteiger partial charge is 0.502 e. The van der Waals surface area contributed by atoms with Crippen LogP contribution in [0.2, 0.25) is 0 Å². The quantitative estimate of drug-likeness (QED) is 0.742. The van der Waals surface area contributed by atoms with Crippen molar-refractivity contribution in [2.75, 3.05) is 26.6 Å².